The van der Waals surface area contributed by atoms with Crippen molar-refractivity contribution in [3.63, 3.8) is 0 Å². The van der Waals surface area contributed by atoms with Crippen molar-refractivity contribution in [2.45, 2.75) is 0 Å². The summed E-state index contributed by atoms with van der Waals surface area (Å²) in [4.78, 5) is 0. The molecule has 4 rings (SSSR count). The van der Waals surface area contributed by atoms with Crippen molar-refractivity contribution in [2.24, 2.45) is 0 Å². The number of benzene rings is 2. The summed E-state index contributed by atoms with van der Waals surface area (Å²) >= 11 is 0. The van der Waals surface area contributed by atoms with Crippen LogP contribution in [0.15, 0.2) is 84.9 Å². The van der Waals surface area contributed by atoms with E-state index in [2.05, 4.69) is 18.2 Å². The van der Waals surface area contributed by atoms with Crippen LogP contribution < -0.4 is 0 Å². The maximum atomic E-state index is 9.60. The first-order valence-electron chi connectivity index (χ1n) is 7.83. The zero-order chi connectivity index (χ0) is 16.5. The second-order valence-corrected chi connectivity index (χ2v) is 5.81. The van der Waals surface area contributed by atoms with E-state index in [1.807, 2.05) is 42.5 Å². The predicted octanol–water partition coefficient (Wildman–Crippen LogP) is 5.54. The Kier molecular flexibility index (Phi) is 3.43. The van der Waals surface area contributed by atoms with Gasteiger partial charge in [-0.25, -0.2) is 0 Å². The number of phenolic OH excluding ortho intramolecular Hbond substituents is 2. The Morgan fingerprint density at radius 1 is 0.458 bits per heavy atom. The highest BCUT2D eigenvalue weighted by Crippen LogP contribution is 2.44. The molecule has 2 nitrogen and oxygen atoms in total. The van der Waals surface area contributed by atoms with Crippen LogP contribution in [0, 0.1) is 0 Å². The van der Waals surface area contributed by atoms with Gasteiger partial charge in [0.25, 0.3) is 0 Å². The minimum Gasteiger partial charge on any atom is -0.508 e. The molecule has 0 saturated carbocycles. The van der Waals surface area contributed by atoms with Crippen molar-refractivity contribution in [3.8, 4) is 44.9 Å². The molecule has 116 valence electrons. The van der Waals surface area contributed by atoms with Crippen molar-refractivity contribution < 1.29 is 10.2 Å². The Bertz CT molecular complexity index is 954. The second-order valence-electron chi connectivity index (χ2n) is 5.81. The number of phenols is 2. The summed E-state index contributed by atoms with van der Waals surface area (Å²) in [6.07, 6.45) is 0. The molecule has 0 saturated heterocycles. The molecular formula is C22H16O2. The Morgan fingerprint density at radius 2 is 1.04 bits per heavy atom. The van der Waals surface area contributed by atoms with Crippen LogP contribution in [0.1, 0.15) is 0 Å². The number of fused-ring (bicyclic) bond motifs is 1. The Hall–Kier alpha value is -3.26. The van der Waals surface area contributed by atoms with E-state index in [1.165, 1.54) is 0 Å². The van der Waals surface area contributed by atoms with Gasteiger partial charge in [0.05, 0.1) is 0 Å². The highest BCUT2D eigenvalue weighted by Gasteiger charge is 2.17. The molecule has 0 bridgehead atoms. The maximum absolute atomic E-state index is 9.60. The van der Waals surface area contributed by atoms with Crippen molar-refractivity contribution >= 4 is 0 Å². The average Bonchev–Trinajstić information content (AvgIpc) is 2.79. The molecule has 0 aromatic heterocycles. The van der Waals surface area contributed by atoms with Gasteiger partial charge in [0.15, 0.2) is 0 Å². The third-order valence-electron chi connectivity index (χ3n) is 4.24. The second kappa shape index (κ2) is 5.74. The lowest BCUT2D eigenvalue weighted by atomic mass is 9.96. The monoisotopic (exact) mass is 312 g/mol. The van der Waals surface area contributed by atoms with Crippen molar-refractivity contribution in [1.82, 2.24) is 0 Å². The molecular weight excluding hydrogens is 296 g/mol. The molecule has 0 atom stereocenters. The third kappa shape index (κ3) is 2.48. The van der Waals surface area contributed by atoms with Crippen LogP contribution in [0.2, 0.25) is 0 Å². The first-order valence-corrected chi connectivity index (χ1v) is 7.83. The quantitative estimate of drug-likeness (QED) is 0.510. The van der Waals surface area contributed by atoms with Gasteiger partial charge in [-0.15, -0.1) is 0 Å². The van der Waals surface area contributed by atoms with E-state index in [-0.39, 0.29) is 11.5 Å². The smallest absolute Gasteiger partial charge is 0.115 e. The molecule has 0 amide bonds. The highest BCUT2D eigenvalue weighted by atomic mass is 16.3. The normalized spacial score (nSPS) is 10.8. The lowest BCUT2D eigenvalue weighted by Crippen LogP contribution is -1.81. The summed E-state index contributed by atoms with van der Waals surface area (Å²) in [5.74, 6) is 0.513. The van der Waals surface area contributed by atoms with Gasteiger partial charge < -0.3 is 10.2 Å². The molecule has 2 heteroatoms. The summed E-state index contributed by atoms with van der Waals surface area (Å²) in [5.41, 5.74) is 6.67. The van der Waals surface area contributed by atoms with Gasteiger partial charge >= 0.3 is 0 Å². The largest absolute Gasteiger partial charge is 0.508 e. The standard InChI is InChI=1S/C22H16O2/c23-18-10-6-15(7-11-18)21-14-17-4-2-1-3-5-20(17)22(21)16-8-12-19(24)13-9-16/h1-14,23-24H. The maximum Gasteiger partial charge on any atom is 0.115 e. The summed E-state index contributed by atoms with van der Waals surface area (Å²) in [7, 11) is 0. The van der Waals surface area contributed by atoms with Crippen LogP contribution in [0.5, 0.6) is 11.5 Å². The molecule has 2 aromatic carbocycles. The first kappa shape index (κ1) is 14.3. The number of rotatable bonds is 2. The molecule has 0 spiro atoms. The molecule has 24 heavy (non-hydrogen) atoms. The van der Waals surface area contributed by atoms with E-state index in [4.69, 9.17) is 0 Å². The zero-order valence-electron chi connectivity index (χ0n) is 13.0. The van der Waals surface area contributed by atoms with Gasteiger partial charge in [-0.05, 0) is 63.7 Å². The molecule has 0 aliphatic heterocycles. The predicted molar refractivity (Wildman–Crippen MR) is 97.3 cm³/mol. The lowest BCUT2D eigenvalue weighted by Gasteiger charge is -2.08. The third-order valence-corrected chi connectivity index (χ3v) is 4.24. The summed E-state index contributed by atoms with van der Waals surface area (Å²) < 4.78 is 0. The fourth-order valence-corrected chi connectivity index (χ4v) is 3.10. The van der Waals surface area contributed by atoms with Crippen molar-refractivity contribution in [2.75, 3.05) is 0 Å². The van der Waals surface area contributed by atoms with Crippen molar-refractivity contribution in [1.29, 1.82) is 0 Å². The van der Waals surface area contributed by atoms with E-state index in [1.54, 1.807) is 24.3 Å². The van der Waals surface area contributed by atoms with E-state index in [9.17, 15) is 10.2 Å². The molecule has 0 heterocycles. The Labute approximate surface area is 140 Å². The summed E-state index contributed by atoms with van der Waals surface area (Å²) in [5, 5.41) is 19.2. The number of hydrogen-bond donors (Lipinski definition) is 2. The van der Waals surface area contributed by atoms with Crippen molar-refractivity contribution in [3.05, 3.63) is 84.9 Å². The Balaban J connectivity index is 2.01. The number of aromatic hydroxyl groups is 2. The van der Waals surface area contributed by atoms with Gasteiger partial charge in [0.1, 0.15) is 11.5 Å². The zero-order valence-corrected chi connectivity index (χ0v) is 13.0. The molecule has 0 radical (unpaired) electrons. The lowest BCUT2D eigenvalue weighted by molar-refractivity contribution is 0.475. The van der Waals surface area contributed by atoms with E-state index in [0.717, 1.165) is 33.4 Å². The molecule has 0 unspecified atom stereocenters. The molecule has 2 N–H and O–H groups in total. The van der Waals surface area contributed by atoms with Crippen LogP contribution >= 0.6 is 0 Å². The van der Waals surface area contributed by atoms with Gasteiger partial charge in [-0.1, -0.05) is 54.6 Å². The minimum absolute atomic E-state index is 0.256. The fraction of sp³-hybridized carbons (Fsp3) is 0. The van der Waals surface area contributed by atoms with Crippen LogP contribution in [0.3, 0.4) is 0 Å². The summed E-state index contributed by atoms with van der Waals surface area (Å²) in [6, 6.07) is 27.0. The topological polar surface area (TPSA) is 40.5 Å². The van der Waals surface area contributed by atoms with E-state index >= 15 is 0 Å². The molecule has 2 aromatic rings. The van der Waals surface area contributed by atoms with Gasteiger partial charge in [-0.2, -0.15) is 0 Å². The van der Waals surface area contributed by atoms with Crippen LogP contribution in [0.25, 0.3) is 33.4 Å². The summed E-state index contributed by atoms with van der Waals surface area (Å²) in [6.45, 7) is 0. The Morgan fingerprint density at radius 3 is 1.71 bits per heavy atom. The molecule has 2 aliphatic carbocycles. The van der Waals surface area contributed by atoms with Gasteiger partial charge in [0, 0.05) is 0 Å². The number of hydrogen-bond acceptors (Lipinski definition) is 2. The fourth-order valence-electron chi connectivity index (χ4n) is 3.10. The first-order chi connectivity index (χ1) is 11.7. The van der Waals surface area contributed by atoms with E-state index < -0.39 is 0 Å². The van der Waals surface area contributed by atoms with Crippen LogP contribution in [-0.2, 0) is 0 Å². The molecule has 2 aliphatic rings. The van der Waals surface area contributed by atoms with Gasteiger partial charge in [-0.3, -0.25) is 0 Å². The van der Waals surface area contributed by atoms with Gasteiger partial charge in [0.2, 0.25) is 0 Å². The SMILES string of the molecule is Oc1ccc(-c2cc3cccccc-3c2-c2ccc(O)cc2)cc1. The highest BCUT2D eigenvalue weighted by molar-refractivity contribution is 5.99. The average molecular weight is 312 g/mol. The van der Waals surface area contributed by atoms with Crippen LogP contribution in [-0.4, -0.2) is 10.2 Å². The van der Waals surface area contributed by atoms with E-state index in [0.29, 0.717) is 0 Å². The van der Waals surface area contributed by atoms with Crippen LogP contribution in [0.4, 0.5) is 0 Å². The minimum atomic E-state index is 0.256. The molecule has 0 fully saturated rings.